The topological polar surface area (TPSA) is 49.4 Å². The SMILES string of the molecule is Cc1cc(C)cc(C(=O)N2CCC[C@@H](C(=O)Nc3ccc(F)cc3Cl)C2)c1. The van der Waals surface area contributed by atoms with E-state index in [1.54, 1.807) is 4.90 Å². The fourth-order valence-corrected chi connectivity index (χ4v) is 3.70. The fourth-order valence-electron chi connectivity index (χ4n) is 3.48. The molecule has 2 amide bonds. The molecule has 1 saturated heterocycles. The highest BCUT2D eigenvalue weighted by Crippen LogP contribution is 2.25. The van der Waals surface area contributed by atoms with Crippen molar-refractivity contribution in [1.29, 1.82) is 0 Å². The van der Waals surface area contributed by atoms with Crippen molar-refractivity contribution in [2.24, 2.45) is 5.92 Å². The first-order valence-electron chi connectivity index (χ1n) is 8.97. The van der Waals surface area contributed by atoms with Crippen molar-refractivity contribution < 1.29 is 14.0 Å². The Balaban J connectivity index is 1.69. The Hall–Kier alpha value is -2.40. The van der Waals surface area contributed by atoms with Crippen molar-refractivity contribution in [3.05, 3.63) is 63.9 Å². The zero-order valence-corrected chi connectivity index (χ0v) is 16.1. The Bertz CT molecular complexity index is 864. The van der Waals surface area contributed by atoms with Crippen LogP contribution in [0.2, 0.25) is 5.02 Å². The second-order valence-corrected chi connectivity index (χ2v) is 7.49. The molecule has 27 heavy (non-hydrogen) atoms. The smallest absolute Gasteiger partial charge is 0.253 e. The third-order valence-corrected chi connectivity index (χ3v) is 5.05. The fraction of sp³-hybridized carbons (Fsp3) is 0.333. The number of amides is 2. The van der Waals surface area contributed by atoms with Gasteiger partial charge in [0.25, 0.3) is 5.91 Å². The molecule has 1 fully saturated rings. The molecule has 1 aliphatic rings. The average Bonchev–Trinajstić information content (AvgIpc) is 2.62. The number of carbonyl (C=O) groups is 2. The standard InChI is InChI=1S/C21H22ClFN2O2/c1-13-8-14(2)10-16(9-13)21(27)25-7-3-4-15(12-25)20(26)24-19-6-5-17(23)11-18(19)22/h5-6,8-11,15H,3-4,7,12H2,1-2H3,(H,24,26)/t15-/m1/s1. The molecule has 0 aliphatic carbocycles. The van der Waals surface area contributed by atoms with Crippen molar-refractivity contribution in [3.63, 3.8) is 0 Å². The summed E-state index contributed by atoms with van der Waals surface area (Å²) in [6.07, 6.45) is 1.45. The van der Waals surface area contributed by atoms with Gasteiger partial charge >= 0.3 is 0 Å². The summed E-state index contributed by atoms with van der Waals surface area (Å²) >= 11 is 5.98. The van der Waals surface area contributed by atoms with E-state index < -0.39 is 5.82 Å². The summed E-state index contributed by atoms with van der Waals surface area (Å²) in [4.78, 5) is 27.2. The predicted molar refractivity (Wildman–Crippen MR) is 105 cm³/mol. The van der Waals surface area contributed by atoms with Gasteiger partial charge in [0.1, 0.15) is 5.82 Å². The first-order valence-corrected chi connectivity index (χ1v) is 9.35. The molecular weight excluding hydrogens is 367 g/mol. The summed E-state index contributed by atoms with van der Waals surface area (Å²) in [6.45, 7) is 4.91. The van der Waals surface area contributed by atoms with E-state index in [0.717, 1.165) is 23.6 Å². The molecule has 1 heterocycles. The minimum Gasteiger partial charge on any atom is -0.338 e. The number of carbonyl (C=O) groups excluding carboxylic acids is 2. The molecule has 2 aromatic rings. The number of aryl methyl sites for hydroxylation is 2. The Kier molecular flexibility index (Phi) is 5.80. The molecule has 0 bridgehead atoms. The van der Waals surface area contributed by atoms with Crippen LogP contribution in [-0.4, -0.2) is 29.8 Å². The van der Waals surface area contributed by atoms with E-state index in [4.69, 9.17) is 11.6 Å². The van der Waals surface area contributed by atoms with Gasteiger partial charge in [-0.1, -0.05) is 28.8 Å². The molecule has 0 unspecified atom stereocenters. The highest BCUT2D eigenvalue weighted by atomic mass is 35.5. The van der Waals surface area contributed by atoms with Crippen LogP contribution in [-0.2, 0) is 4.79 Å². The Labute approximate surface area is 163 Å². The van der Waals surface area contributed by atoms with Gasteiger partial charge in [-0.15, -0.1) is 0 Å². The van der Waals surface area contributed by atoms with Gasteiger partial charge in [0.15, 0.2) is 0 Å². The Morgan fingerprint density at radius 3 is 2.52 bits per heavy atom. The van der Waals surface area contributed by atoms with E-state index in [2.05, 4.69) is 5.32 Å². The van der Waals surface area contributed by atoms with E-state index in [1.165, 1.54) is 12.1 Å². The van der Waals surface area contributed by atoms with Crippen molar-refractivity contribution in [2.75, 3.05) is 18.4 Å². The first-order chi connectivity index (χ1) is 12.8. The molecule has 0 spiro atoms. The van der Waals surface area contributed by atoms with E-state index in [9.17, 15) is 14.0 Å². The van der Waals surface area contributed by atoms with E-state index in [1.807, 2.05) is 32.0 Å². The monoisotopic (exact) mass is 388 g/mol. The highest BCUT2D eigenvalue weighted by molar-refractivity contribution is 6.33. The summed E-state index contributed by atoms with van der Waals surface area (Å²) < 4.78 is 13.2. The van der Waals surface area contributed by atoms with Crippen LogP contribution >= 0.6 is 11.6 Å². The van der Waals surface area contributed by atoms with Gasteiger partial charge in [-0.05, 0) is 57.0 Å². The van der Waals surface area contributed by atoms with Crippen molar-refractivity contribution in [2.45, 2.75) is 26.7 Å². The van der Waals surface area contributed by atoms with Gasteiger partial charge in [-0.25, -0.2) is 4.39 Å². The van der Waals surface area contributed by atoms with Crippen LogP contribution in [0.1, 0.15) is 34.3 Å². The summed E-state index contributed by atoms with van der Waals surface area (Å²) in [5, 5.41) is 2.90. The lowest BCUT2D eigenvalue weighted by atomic mass is 9.96. The molecule has 4 nitrogen and oxygen atoms in total. The number of nitrogens with one attached hydrogen (secondary N) is 1. The van der Waals surface area contributed by atoms with Gasteiger partial charge < -0.3 is 10.2 Å². The van der Waals surface area contributed by atoms with Crippen LogP contribution in [0.25, 0.3) is 0 Å². The Morgan fingerprint density at radius 1 is 1.15 bits per heavy atom. The molecule has 0 radical (unpaired) electrons. The largest absolute Gasteiger partial charge is 0.338 e. The molecule has 1 N–H and O–H groups in total. The number of benzene rings is 2. The molecule has 1 atom stereocenters. The molecule has 3 rings (SSSR count). The molecule has 0 saturated carbocycles. The second-order valence-electron chi connectivity index (χ2n) is 7.08. The minimum absolute atomic E-state index is 0.0564. The zero-order valence-electron chi connectivity index (χ0n) is 15.4. The predicted octanol–water partition coefficient (Wildman–Crippen LogP) is 4.59. The maximum atomic E-state index is 13.2. The summed E-state index contributed by atoms with van der Waals surface area (Å²) in [5.41, 5.74) is 3.10. The summed E-state index contributed by atoms with van der Waals surface area (Å²) in [7, 11) is 0. The van der Waals surface area contributed by atoms with Crippen LogP contribution in [0, 0.1) is 25.6 Å². The number of halogens is 2. The number of hydrogen-bond acceptors (Lipinski definition) is 2. The van der Waals surface area contributed by atoms with Gasteiger partial charge in [-0.3, -0.25) is 9.59 Å². The second kappa shape index (κ2) is 8.09. The van der Waals surface area contributed by atoms with E-state index >= 15 is 0 Å². The van der Waals surface area contributed by atoms with Crippen LogP contribution in [0.4, 0.5) is 10.1 Å². The molecule has 1 aliphatic heterocycles. The average molecular weight is 389 g/mol. The number of hydrogen-bond donors (Lipinski definition) is 1. The highest BCUT2D eigenvalue weighted by Gasteiger charge is 2.29. The Morgan fingerprint density at radius 2 is 1.85 bits per heavy atom. The lowest BCUT2D eigenvalue weighted by Gasteiger charge is -2.32. The van der Waals surface area contributed by atoms with Gasteiger partial charge in [0, 0.05) is 18.7 Å². The third-order valence-electron chi connectivity index (χ3n) is 4.74. The van der Waals surface area contributed by atoms with E-state index in [-0.39, 0.29) is 22.8 Å². The molecule has 142 valence electrons. The first kappa shape index (κ1) is 19.4. The van der Waals surface area contributed by atoms with Crippen LogP contribution in [0.3, 0.4) is 0 Å². The number of anilines is 1. The number of likely N-dealkylation sites (tertiary alicyclic amines) is 1. The molecular formula is C21H22ClFN2O2. The van der Waals surface area contributed by atoms with Crippen LogP contribution in [0.15, 0.2) is 36.4 Å². The van der Waals surface area contributed by atoms with Gasteiger partial charge in [0.05, 0.1) is 16.6 Å². The van der Waals surface area contributed by atoms with Crippen molar-refractivity contribution >= 4 is 29.1 Å². The van der Waals surface area contributed by atoms with Gasteiger partial charge in [0.2, 0.25) is 5.91 Å². The van der Waals surface area contributed by atoms with Crippen LogP contribution in [0.5, 0.6) is 0 Å². The van der Waals surface area contributed by atoms with Crippen LogP contribution < -0.4 is 5.32 Å². The van der Waals surface area contributed by atoms with Crippen molar-refractivity contribution in [1.82, 2.24) is 4.90 Å². The summed E-state index contributed by atoms with van der Waals surface area (Å²) in [5.74, 6) is -1.05. The zero-order chi connectivity index (χ0) is 19.6. The number of rotatable bonds is 3. The van der Waals surface area contributed by atoms with Gasteiger partial charge in [-0.2, -0.15) is 0 Å². The number of piperidine rings is 1. The maximum absolute atomic E-state index is 13.2. The third kappa shape index (κ3) is 4.66. The van der Waals surface area contributed by atoms with E-state index in [0.29, 0.717) is 30.8 Å². The molecule has 0 aromatic heterocycles. The lowest BCUT2D eigenvalue weighted by Crippen LogP contribution is -2.43. The number of nitrogens with zero attached hydrogens (tertiary/aromatic N) is 1. The molecule has 2 aromatic carbocycles. The van der Waals surface area contributed by atoms with Crippen molar-refractivity contribution in [3.8, 4) is 0 Å². The minimum atomic E-state index is -0.458. The lowest BCUT2D eigenvalue weighted by molar-refractivity contribution is -0.121. The summed E-state index contributed by atoms with van der Waals surface area (Å²) in [6, 6.07) is 9.62. The normalized spacial score (nSPS) is 16.9. The quantitative estimate of drug-likeness (QED) is 0.836. The molecule has 6 heteroatoms. The maximum Gasteiger partial charge on any atom is 0.253 e.